The summed E-state index contributed by atoms with van der Waals surface area (Å²) in [6, 6.07) is 15.0. The molecule has 3 atom stereocenters. The van der Waals surface area contributed by atoms with E-state index in [1.54, 1.807) is 31.2 Å². The van der Waals surface area contributed by atoms with E-state index in [-0.39, 0.29) is 47.4 Å². The van der Waals surface area contributed by atoms with Crippen molar-refractivity contribution in [3.05, 3.63) is 120 Å². The SMILES string of the molecule is CC[C@H]1CC[C@@H](OC(C)=O)CC(=O)C[C@H](c2cc(O)c(Oc3cccc(O)c3)c(OC)c2)n2cc3cccc(c3c2)N(CCC(C)=O)C2=CC(=CCN2)CCc2c[nH]cc2C1. The number of aromatic amines is 1. The van der Waals surface area contributed by atoms with E-state index >= 15 is 0 Å². The molecule has 0 saturated heterocycles. The summed E-state index contributed by atoms with van der Waals surface area (Å²) in [7, 11) is 1.47. The quantitative estimate of drug-likeness (QED) is 0.106. The molecule has 0 aliphatic carbocycles. The van der Waals surface area contributed by atoms with Crippen LogP contribution in [0.1, 0.15) is 88.4 Å². The molecule has 2 aliphatic rings. The van der Waals surface area contributed by atoms with Gasteiger partial charge >= 0.3 is 5.97 Å². The zero-order valence-electron chi connectivity index (χ0n) is 35.4. The third-order valence-corrected chi connectivity index (χ3v) is 11.8. The summed E-state index contributed by atoms with van der Waals surface area (Å²) in [5.74, 6) is 1.14. The number of H-pyrrole nitrogens is 1. The van der Waals surface area contributed by atoms with E-state index in [0.29, 0.717) is 43.2 Å². The number of anilines is 1. The van der Waals surface area contributed by atoms with Gasteiger partial charge in [-0.2, -0.15) is 0 Å². The molecule has 2 aliphatic heterocycles. The molecule has 12 nitrogen and oxygen atoms in total. The number of hydrogen-bond acceptors (Lipinski definition) is 10. The maximum atomic E-state index is 14.4. The Morgan fingerprint density at radius 1 is 0.934 bits per heavy atom. The fourth-order valence-electron chi connectivity index (χ4n) is 8.56. The number of allylic oxidation sites excluding steroid dienone is 2. The average molecular weight is 829 g/mol. The van der Waals surface area contributed by atoms with Crippen LogP contribution >= 0.6 is 0 Å². The number of esters is 1. The van der Waals surface area contributed by atoms with Crippen LogP contribution in [-0.4, -0.2) is 63.6 Å². The summed E-state index contributed by atoms with van der Waals surface area (Å²) in [5.41, 5.74) is 5.25. The van der Waals surface area contributed by atoms with Gasteiger partial charge in [-0.15, -0.1) is 0 Å². The summed E-state index contributed by atoms with van der Waals surface area (Å²) in [4.78, 5) is 44.8. The predicted octanol–water partition coefficient (Wildman–Crippen LogP) is 9.20. The number of Topliss-reactive ketones (excluding diaryl/α,β-unsaturated/α-hetero) is 2. The van der Waals surface area contributed by atoms with Gasteiger partial charge in [-0.3, -0.25) is 14.4 Å². The first-order valence-corrected chi connectivity index (χ1v) is 21.2. The third-order valence-electron chi connectivity index (χ3n) is 11.8. The number of nitrogens with one attached hydrogen (secondary N) is 2. The highest BCUT2D eigenvalue weighted by molar-refractivity contribution is 5.95. The van der Waals surface area contributed by atoms with Crippen molar-refractivity contribution >= 4 is 34.0 Å². The highest BCUT2D eigenvalue weighted by Crippen LogP contribution is 2.44. The molecule has 3 aromatic carbocycles. The number of methoxy groups -OCH3 is 1. The molecule has 0 amide bonds. The van der Waals surface area contributed by atoms with Crippen molar-refractivity contribution in [3.63, 3.8) is 0 Å². The highest BCUT2D eigenvalue weighted by Gasteiger charge is 2.28. The zero-order valence-corrected chi connectivity index (χ0v) is 35.4. The van der Waals surface area contributed by atoms with Crippen LogP contribution in [0.3, 0.4) is 0 Å². The van der Waals surface area contributed by atoms with Crippen LogP contribution < -0.4 is 19.7 Å². The molecule has 12 heteroatoms. The molecule has 0 fully saturated rings. The summed E-state index contributed by atoms with van der Waals surface area (Å²) in [6.45, 7) is 6.27. The number of aromatic hydroxyl groups is 2. The number of phenols is 2. The van der Waals surface area contributed by atoms with Gasteiger partial charge in [-0.1, -0.05) is 37.6 Å². The van der Waals surface area contributed by atoms with Gasteiger partial charge in [0.15, 0.2) is 11.5 Å². The Balaban J connectivity index is 1.34. The van der Waals surface area contributed by atoms with Crippen molar-refractivity contribution in [1.29, 1.82) is 0 Å². The van der Waals surface area contributed by atoms with Gasteiger partial charge in [0.2, 0.25) is 5.75 Å². The number of carbonyl (C=O) groups excluding carboxylic acids is 3. The van der Waals surface area contributed by atoms with E-state index in [1.165, 1.54) is 42.9 Å². The topological polar surface area (TPSA) is 155 Å². The number of nitrogens with zero attached hydrogens (tertiary/aromatic N) is 2. The number of fused-ring (bicyclic) bond motifs is 3. The summed E-state index contributed by atoms with van der Waals surface area (Å²) >= 11 is 0. The highest BCUT2D eigenvalue weighted by atomic mass is 16.5. The molecule has 320 valence electrons. The van der Waals surface area contributed by atoms with E-state index in [0.717, 1.165) is 54.4 Å². The normalized spacial score (nSPS) is 18.9. The number of aryl methyl sites for hydroxylation is 1. The van der Waals surface area contributed by atoms with Crippen molar-refractivity contribution in [2.24, 2.45) is 5.92 Å². The van der Waals surface area contributed by atoms with Crippen LogP contribution in [0.5, 0.6) is 28.7 Å². The number of hydrogen-bond donors (Lipinski definition) is 4. The van der Waals surface area contributed by atoms with Gasteiger partial charge in [-0.05, 0) is 104 Å². The van der Waals surface area contributed by atoms with Gasteiger partial charge < -0.3 is 44.2 Å². The number of ether oxygens (including phenoxy) is 3. The first-order valence-electron chi connectivity index (χ1n) is 21.2. The Bertz CT molecular complexity index is 2440. The molecule has 61 heavy (non-hydrogen) atoms. The molecule has 0 radical (unpaired) electrons. The fraction of sp³-hybridized carbons (Fsp3) is 0.367. The van der Waals surface area contributed by atoms with E-state index in [4.69, 9.17) is 14.2 Å². The molecule has 4 bridgehead atoms. The van der Waals surface area contributed by atoms with Crippen molar-refractivity contribution < 1.29 is 38.8 Å². The lowest BCUT2D eigenvalue weighted by Crippen LogP contribution is -2.35. The smallest absolute Gasteiger partial charge is 0.302 e. The standard InChI is InChI=1S/C49H56N4O8/c1-5-33-13-15-42(60-32(3)55)25-40(57)26-45(37-22-46(58)49(47(23-37)59-4)61-41-10-7-9-39(56)24-41)52-29-36-8-6-11-44(43(36)30-52)53(19-17-31(2)54)48-21-34(16-18-51-48)12-14-35-27-50-28-38(35)20-33/h6-11,16,21-24,27-30,33,42,45,50-51,56,58H,5,12-15,17-20,25-26H2,1-4H3/t33-,42+,45+/m0/s1. The van der Waals surface area contributed by atoms with E-state index in [2.05, 4.69) is 46.7 Å². The molecule has 2 aromatic heterocycles. The molecule has 0 saturated carbocycles. The predicted molar refractivity (Wildman–Crippen MR) is 235 cm³/mol. The van der Waals surface area contributed by atoms with E-state index < -0.39 is 18.1 Å². The average Bonchev–Trinajstić information content (AvgIpc) is 3.88. The Hall–Kier alpha value is -6.43. The minimum atomic E-state index is -0.628. The lowest BCUT2D eigenvalue weighted by molar-refractivity contribution is -0.148. The molecular formula is C49H56N4O8. The molecule has 0 unspecified atom stereocenters. The second-order valence-corrected chi connectivity index (χ2v) is 16.2. The van der Waals surface area contributed by atoms with Crippen LogP contribution in [0.2, 0.25) is 0 Å². The molecule has 5 aromatic rings. The van der Waals surface area contributed by atoms with Crippen molar-refractivity contribution in [2.45, 2.75) is 90.7 Å². The number of dihydropyridines is 1. The van der Waals surface area contributed by atoms with Crippen LogP contribution in [0.25, 0.3) is 10.8 Å². The second kappa shape index (κ2) is 19.3. The summed E-state index contributed by atoms with van der Waals surface area (Å²) in [6.07, 6.45) is 17.2. The summed E-state index contributed by atoms with van der Waals surface area (Å²) < 4.78 is 19.6. The number of ketones is 2. The lowest BCUT2D eigenvalue weighted by Gasteiger charge is -2.30. The monoisotopic (exact) mass is 828 g/mol. The Labute approximate surface area is 356 Å². The van der Waals surface area contributed by atoms with Gasteiger partial charge in [0, 0.05) is 80.9 Å². The second-order valence-electron chi connectivity index (χ2n) is 16.2. The van der Waals surface area contributed by atoms with Gasteiger partial charge in [-0.25, -0.2) is 0 Å². The van der Waals surface area contributed by atoms with Crippen LogP contribution in [0.15, 0.2) is 103 Å². The van der Waals surface area contributed by atoms with Crippen LogP contribution in [0, 0.1) is 5.92 Å². The molecule has 4 N–H and O–H groups in total. The van der Waals surface area contributed by atoms with Crippen LogP contribution in [0.4, 0.5) is 5.69 Å². The summed E-state index contributed by atoms with van der Waals surface area (Å²) in [5, 5.41) is 27.0. The van der Waals surface area contributed by atoms with Crippen molar-refractivity contribution in [2.75, 3.05) is 25.1 Å². The van der Waals surface area contributed by atoms with Gasteiger partial charge in [0.05, 0.1) is 18.8 Å². The molecule has 7 rings (SSSR count). The largest absolute Gasteiger partial charge is 0.508 e. The maximum absolute atomic E-state index is 14.4. The maximum Gasteiger partial charge on any atom is 0.302 e. The Morgan fingerprint density at radius 2 is 1.75 bits per heavy atom. The number of aromatic nitrogens is 2. The van der Waals surface area contributed by atoms with Crippen molar-refractivity contribution in [1.82, 2.24) is 14.9 Å². The molecule has 4 heterocycles. The third kappa shape index (κ3) is 10.5. The van der Waals surface area contributed by atoms with Gasteiger partial charge in [0.1, 0.15) is 35.0 Å². The lowest BCUT2D eigenvalue weighted by atomic mass is 9.89. The van der Waals surface area contributed by atoms with Crippen LogP contribution in [-0.2, 0) is 32.0 Å². The van der Waals surface area contributed by atoms with E-state index in [1.807, 2.05) is 35.2 Å². The number of benzene rings is 3. The Kier molecular flexibility index (Phi) is 13.5. The zero-order chi connectivity index (χ0) is 43.0. The Morgan fingerprint density at radius 3 is 2.52 bits per heavy atom. The minimum absolute atomic E-state index is 0.00306. The first-order chi connectivity index (χ1) is 29.5. The minimum Gasteiger partial charge on any atom is -0.508 e. The van der Waals surface area contributed by atoms with E-state index in [9.17, 15) is 24.6 Å². The number of rotatable bonds is 9. The first kappa shape index (κ1) is 42.7. The fourth-order valence-corrected chi connectivity index (χ4v) is 8.56. The van der Waals surface area contributed by atoms with Crippen molar-refractivity contribution in [3.8, 4) is 28.7 Å². The molecular weight excluding hydrogens is 773 g/mol. The number of phenolic OH excluding ortho intramolecular Hbond substituents is 2. The van der Waals surface area contributed by atoms with Gasteiger partial charge in [0.25, 0.3) is 0 Å². The molecule has 0 spiro atoms. The number of carbonyl (C=O) groups is 3.